The minimum atomic E-state index is -0.648. The number of hydrogen-bond acceptors (Lipinski definition) is 6. The van der Waals surface area contributed by atoms with E-state index in [2.05, 4.69) is 9.97 Å². The molecule has 186 valence electrons. The molecular weight excluding hydrogens is 458 g/mol. The molecule has 2 fully saturated rings. The van der Waals surface area contributed by atoms with Gasteiger partial charge in [-0.3, -0.25) is 4.57 Å². The molecule has 2 unspecified atom stereocenters. The summed E-state index contributed by atoms with van der Waals surface area (Å²) in [6, 6.07) is 4.37. The Hall–Kier alpha value is -3.27. The second kappa shape index (κ2) is 8.75. The quantitative estimate of drug-likeness (QED) is 0.550. The van der Waals surface area contributed by atoms with Gasteiger partial charge in [0.2, 0.25) is 5.88 Å². The summed E-state index contributed by atoms with van der Waals surface area (Å²) in [5, 5.41) is 0.613. The van der Waals surface area contributed by atoms with Crippen molar-refractivity contribution in [3.05, 3.63) is 47.9 Å². The molecule has 5 rings (SSSR count). The van der Waals surface area contributed by atoms with E-state index in [9.17, 15) is 13.6 Å². The second-order valence-corrected chi connectivity index (χ2v) is 10.1. The van der Waals surface area contributed by atoms with Crippen LogP contribution >= 0.6 is 0 Å². The molecule has 0 spiro atoms. The van der Waals surface area contributed by atoms with Crippen molar-refractivity contribution in [2.24, 2.45) is 11.8 Å². The number of carbonyl (C=O) groups excluding carboxylic acids is 1. The zero-order valence-corrected chi connectivity index (χ0v) is 20.1. The Bertz CT molecular complexity index is 1260. The SMILES string of the molecule is Cc1c(F)ccc(-n2ccc3c(OC4C5COCC4CN(C(=O)OC(C)(C)C)C5)ncnc32)c1F. The lowest BCUT2D eigenvalue weighted by Crippen LogP contribution is -2.59. The van der Waals surface area contributed by atoms with Crippen LogP contribution < -0.4 is 4.74 Å². The van der Waals surface area contributed by atoms with Crippen LogP contribution in [0, 0.1) is 30.4 Å². The van der Waals surface area contributed by atoms with Gasteiger partial charge in [0, 0.05) is 36.7 Å². The standard InChI is InChI=1S/C25H28F2N4O4/c1-14-18(26)5-6-19(20(14)27)31-8-7-17-22(31)28-13-29-23(17)34-21-15-9-30(10-16(21)12-33-11-15)24(32)35-25(2,3)4/h5-8,13,15-16,21H,9-12H2,1-4H3. The monoisotopic (exact) mass is 486 g/mol. The maximum atomic E-state index is 14.8. The topological polar surface area (TPSA) is 78.7 Å². The summed E-state index contributed by atoms with van der Waals surface area (Å²) in [5.41, 5.74) is 0.0182. The molecule has 0 N–H and O–H groups in total. The summed E-state index contributed by atoms with van der Waals surface area (Å²) in [5.74, 6) is -0.989. The second-order valence-electron chi connectivity index (χ2n) is 10.1. The van der Waals surface area contributed by atoms with Crippen LogP contribution in [0.25, 0.3) is 16.7 Å². The zero-order valence-electron chi connectivity index (χ0n) is 20.1. The molecule has 2 aliphatic heterocycles. The van der Waals surface area contributed by atoms with Crippen LogP contribution in [0.4, 0.5) is 13.6 Å². The molecule has 4 heterocycles. The first-order valence-corrected chi connectivity index (χ1v) is 11.6. The van der Waals surface area contributed by atoms with E-state index >= 15 is 0 Å². The van der Waals surface area contributed by atoms with Crippen molar-refractivity contribution in [1.29, 1.82) is 0 Å². The van der Waals surface area contributed by atoms with Gasteiger partial charge in [0.05, 0.1) is 24.3 Å². The molecule has 2 atom stereocenters. The summed E-state index contributed by atoms with van der Waals surface area (Å²) >= 11 is 0. The van der Waals surface area contributed by atoms with Crippen LogP contribution in [0.3, 0.4) is 0 Å². The highest BCUT2D eigenvalue weighted by Crippen LogP contribution is 2.34. The highest BCUT2D eigenvalue weighted by atomic mass is 19.1. The summed E-state index contributed by atoms with van der Waals surface area (Å²) in [6.07, 6.45) is 2.47. The normalized spacial score (nSPS) is 22.3. The Kier molecular flexibility index (Phi) is 5.86. The summed E-state index contributed by atoms with van der Waals surface area (Å²) in [7, 11) is 0. The summed E-state index contributed by atoms with van der Waals surface area (Å²) < 4.78 is 47.8. The van der Waals surface area contributed by atoms with Crippen molar-refractivity contribution >= 4 is 17.1 Å². The van der Waals surface area contributed by atoms with Crippen molar-refractivity contribution < 1.29 is 27.8 Å². The molecule has 0 aliphatic carbocycles. The number of nitrogens with zero attached hydrogens (tertiary/aromatic N) is 4. The largest absolute Gasteiger partial charge is 0.473 e. The number of piperidine rings is 1. The molecule has 1 amide bonds. The van der Waals surface area contributed by atoms with Gasteiger partial charge in [-0.1, -0.05) is 0 Å². The van der Waals surface area contributed by atoms with Crippen molar-refractivity contribution in [3.8, 4) is 11.6 Å². The Morgan fingerprint density at radius 3 is 2.51 bits per heavy atom. The van der Waals surface area contributed by atoms with Gasteiger partial charge in [-0.25, -0.2) is 23.5 Å². The minimum Gasteiger partial charge on any atom is -0.473 e. The van der Waals surface area contributed by atoms with E-state index in [1.54, 1.807) is 21.7 Å². The van der Waals surface area contributed by atoms with E-state index in [0.29, 0.717) is 43.2 Å². The first-order chi connectivity index (χ1) is 16.6. The fourth-order valence-corrected chi connectivity index (χ4v) is 4.75. The lowest BCUT2D eigenvalue weighted by atomic mass is 9.84. The number of benzene rings is 1. The number of amides is 1. The number of rotatable bonds is 3. The zero-order chi connectivity index (χ0) is 24.9. The highest BCUT2D eigenvalue weighted by Gasteiger charge is 2.44. The van der Waals surface area contributed by atoms with Crippen LogP contribution in [0.5, 0.6) is 5.88 Å². The molecule has 3 aromatic rings. The maximum Gasteiger partial charge on any atom is 0.410 e. The van der Waals surface area contributed by atoms with E-state index in [0.717, 1.165) is 0 Å². The Morgan fingerprint density at radius 1 is 1.11 bits per heavy atom. The Morgan fingerprint density at radius 2 is 1.83 bits per heavy atom. The number of ether oxygens (including phenoxy) is 3. The summed E-state index contributed by atoms with van der Waals surface area (Å²) in [4.78, 5) is 23.0. The first-order valence-electron chi connectivity index (χ1n) is 11.6. The number of fused-ring (bicyclic) bond motifs is 3. The number of hydrogen-bond donors (Lipinski definition) is 0. The lowest BCUT2D eigenvalue weighted by molar-refractivity contribution is -0.112. The molecule has 2 aromatic heterocycles. The predicted molar refractivity (Wildman–Crippen MR) is 124 cm³/mol. The van der Waals surface area contributed by atoms with Gasteiger partial charge >= 0.3 is 6.09 Å². The van der Waals surface area contributed by atoms with Crippen molar-refractivity contribution in [2.75, 3.05) is 26.3 Å². The third kappa shape index (κ3) is 4.42. The lowest BCUT2D eigenvalue weighted by Gasteiger charge is -2.46. The van der Waals surface area contributed by atoms with E-state index in [-0.39, 0.29) is 35.3 Å². The number of aromatic nitrogens is 3. The van der Waals surface area contributed by atoms with E-state index in [1.165, 1.54) is 25.4 Å². The van der Waals surface area contributed by atoms with Crippen LogP contribution in [0.1, 0.15) is 26.3 Å². The van der Waals surface area contributed by atoms with Crippen LogP contribution in [0.15, 0.2) is 30.7 Å². The molecule has 0 radical (unpaired) electrons. The molecule has 10 heteroatoms. The maximum absolute atomic E-state index is 14.8. The fourth-order valence-electron chi connectivity index (χ4n) is 4.75. The van der Waals surface area contributed by atoms with Crippen molar-refractivity contribution in [1.82, 2.24) is 19.4 Å². The van der Waals surface area contributed by atoms with E-state index in [1.807, 2.05) is 20.8 Å². The Labute approximate surface area is 201 Å². The van der Waals surface area contributed by atoms with Crippen molar-refractivity contribution in [2.45, 2.75) is 39.4 Å². The van der Waals surface area contributed by atoms with E-state index in [4.69, 9.17) is 14.2 Å². The molecule has 8 nitrogen and oxygen atoms in total. The molecular formula is C25H28F2N4O4. The minimum absolute atomic E-state index is 0.0561. The molecule has 2 bridgehead atoms. The van der Waals surface area contributed by atoms with Gasteiger partial charge in [0.1, 0.15) is 23.8 Å². The number of likely N-dealkylation sites (tertiary alicyclic amines) is 1. The molecule has 2 saturated heterocycles. The average Bonchev–Trinajstić information content (AvgIpc) is 3.21. The number of halogens is 2. The molecule has 1 aromatic carbocycles. The Balaban J connectivity index is 1.41. The summed E-state index contributed by atoms with van der Waals surface area (Å²) in [6.45, 7) is 8.74. The van der Waals surface area contributed by atoms with Crippen LogP contribution in [0.2, 0.25) is 0 Å². The highest BCUT2D eigenvalue weighted by molar-refractivity contribution is 5.83. The smallest absolute Gasteiger partial charge is 0.410 e. The van der Waals surface area contributed by atoms with Crippen LogP contribution in [-0.2, 0) is 9.47 Å². The van der Waals surface area contributed by atoms with Gasteiger partial charge in [0.25, 0.3) is 0 Å². The fraction of sp³-hybridized carbons (Fsp3) is 0.480. The molecule has 2 aliphatic rings. The first kappa shape index (κ1) is 23.5. The van der Waals surface area contributed by atoms with Gasteiger partial charge in [-0.05, 0) is 45.9 Å². The van der Waals surface area contributed by atoms with E-state index < -0.39 is 17.2 Å². The van der Waals surface area contributed by atoms with Crippen molar-refractivity contribution in [3.63, 3.8) is 0 Å². The number of carbonyl (C=O) groups is 1. The van der Waals surface area contributed by atoms with Gasteiger partial charge in [-0.15, -0.1) is 0 Å². The van der Waals surface area contributed by atoms with Gasteiger partial charge in [0.15, 0.2) is 11.5 Å². The van der Waals surface area contributed by atoms with Gasteiger partial charge in [-0.2, -0.15) is 0 Å². The third-order valence-electron chi connectivity index (χ3n) is 6.41. The average molecular weight is 487 g/mol. The predicted octanol–water partition coefficient (Wildman–Crippen LogP) is 4.27. The third-order valence-corrected chi connectivity index (χ3v) is 6.41. The van der Waals surface area contributed by atoms with Crippen LogP contribution in [-0.4, -0.2) is 63.5 Å². The molecule has 35 heavy (non-hydrogen) atoms. The van der Waals surface area contributed by atoms with Gasteiger partial charge < -0.3 is 19.1 Å². The molecule has 0 saturated carbocycles.